The maximum Gasteiger partial charge on any atom is 0.412 e. The molecule has 40 heavy (non-hydrogen) atoms. The van der Waals surface area contributed by atoms with Crippen molar-refractivity contribution in [3.63, 3.8) is 0 Å². The number of nitrogens with zero attached hydrogens (tertiary/aromatic N) is 3. The van der Waals surface area contributed by atoms with Gasteiger partial charge in [0, 0.05) is 37.6 Å². The average molecular weight is 542 g/mol. The number of fused-ring (bicyclic) bond motifs is 2. The summed E-state index contributed by atoms with van der Waals surface area (Å²) in [7, 11) is 0. The number of carbonyl (C=O) groups excluding carboxylic acids is 2. The van der Waals surface area contributed by atoms with E-state index in [1.807, 2.05) is 36.4 Å². The molecular formula is C30H31N5O5. The number of carbonyl (C=O) groups is 2. The van der Waals surface area contributed by atoms with Crippen LogP contribution in [0, 0.1) is 6.92 Å². The third kappa shape index (κ3) is 5.80. The van der Waals surface area contributed by atoms with Crippen LogP contribution in [0.1, 0.15) is 43.0 Å². The summed E-state index contributed by atoms with van der Waals surface area (Å²) in [5.74, 6) is -0.212. The first kappa shape index (κ1) is 26.9. The number of ether oxygens (including phenoxy) is 1. The Balaban J connectivity index is 1.47. The van der Waals surface area contributed by atoms with Crippen molar-refractivity contribution in [1.82, 2.24) is 15.3 Å². The standard InChI is InChI=1S/C30H31N5O5/c1-18-22(34-29(38)40-30(2,3)4)11-12-23-25(18)27(37)39-28(33-23)35-17-21-10-6-5-9-20(21)14-24(35)26(36)32-16-19-8-7-13-31-15-19/h5-13,15,24H,14,16-17H2,1-4H3,(H,32,36)(H,34,38)/t24-/m0/s1. The molecule has 1 aliphatic heterocycles. The Hall–Kier alpha value is -4.73. The van der Waals surface area contributed by atoms with E-state index in [9.17, 15) is 14.4 Å². The Morgan fingerprint density at radius 3 is 2.60 bits per heavy atom. The van der Waals surface area contributed by atoms with Crippen molar-refractivity contribution in [2.45, 2.75) is 58.8 Å². The molecule has 4 aromatic rings. The third-order valence-electron chi connectivity index (χ3n) is 6.67. The number of benzene rings is 2. The number of nitrogens with one attached hydrogen (secondary N) is 2. The van der Waals surface area contributed by atoms with Crippen molar-refractivity contribution >= 4 is 34.6 Å². The van der Waals surface area contributed by atoms with Gasteiger partial charge in [-0.2, -0.15) is 4.98 Å². The Morgan fingerprint density at radius 1 is 1.10 bits per heavy atom. The SMILES string of the molecule is Cc1c(NC(=O)OC(C)(C)C)ccc2nc(N3Cc4ccccc4C[C@H]3C(=O)NCc3cccnc3)oc(=O)c12. The van der Waals surface area contributed by atoms with Crippen LogP contribution in [0.4, 0.5) is 16.5 Å². The predicted octanol–water partition coefficient (Wildman–Crippen LogP) is 4.49. The molecule has 206 valence electrons. The van der Waals surface area contributed by atoms with Crippen LogP contribution in [0.25, 0.3) is 10.9 Å². The minimum absolute atomic E-state index is 0.0563. The van der Waals surface area contributed by atoms with E-state index in [2.05, 4.69) is 20.6 Å². The molecule has 1 atom stereocenters. The number of anilines is 2. The van der Waals surface area contributed by atoms with Crippen molar-refractivity contribution in [3.8, 4) is 0 Å². The van der Waals surface area contributed by atoms with E-state index in [0.717, 1.165) is 16.7 Å². The lowest BCUT2D eigenvalue weighted by Gasteiger charge is -2.35. The van der Waals surface area contributed by atoms with Gasteiger partial charge in [-0.1, -0.05) is 30.3 Å². The van der Waals surface area contributed by atoms with E-state index in [4.69, 9.17) is 9.15 Å². The lowest BCUT2D eigenvalue weighted by atomic mass is 9.93. The highest BCUT2D eigenvalue weighted by Crippen LogP contribution is 2.30. The number of amides is 2. The van der Waals surface area contributed by atoms with Gasteiger partial charge in [-0.05, 0) is 68.1 Å². The van der Waals surface area contributed by atoms with Crippen molar-refractivity contribution in [1.29, 1.82) is 0 Å². The molecule has 0 saturated carbocycles. The summed E-state index contributed by atoms with van der Waals surface area (Å²) in [6.07, 6.45) is 3.18. The van der Waals surface area contributed by atoms with Crippen LogP contribution in [0.5, 0.6) is 0 Å². The number of aryl methyl sites for hydroxylation is 1. The second kappa shape index (κ2) is 10.8. The van der Waals surface area contributed by atoms with Crippen LogP contribution >= 0.6 is 0 Å². The summed E-state index contributed by atoms with van der Waals surface area (Å²) in [5, 5.41) is 5.91. The molecule has 5 rings (SSSR count). The Kier molecular flexibility index (Phi) is 7.25. The number of aromatic nitrogens is 2. The molecular weight excluding hydrogens is 510 g/mol. The summed E-state index contributed by atoms with van der Waals surface area (Å²) in [5.41, 5.74) is 2.99. The first-order chi connectivity index (χ1) is 19.1. The molecule has 1 aliphatic rings. The normalized spacial score (nSPS) is 14.9. The Bertz CT molecular complexity index is 1630. The summed E-state index contributed by atoms with van der Waals surface area (Å²) >= 11 is 0. The van der Waals surface area contributed by atoms with Crippen LogP contribution in [0.15, 0.2) is 70.1 Å². The summed E-state index contributed by atoms with van der Waals surface area (Å²) in [6, 6.07) is 14.3. The van der Waals surface area contributed by atoms with E-state index in [1.165, 1.54) is 0 Å². The molecule has 3 heterocycles. The van der Waals surface area contributed by atoms with Gasteiger partial charge in [-0.25, -0.2) is 9.59 Å². The first-order valence-corrected chi connectivity index (χ1v) is 13.0. The molecule has 2 amide bonds. The van der Waals surface area contributed by atoms with Gasteiger partial charge in [0.15, 0.2) is 0 Å². The lowest BCUT2D eigenvalue weighted by molar-refractivity contribution is -0.122. The highest BCUT2D eigenvalue weighted by molar-refractivity contribution is 5.93. The fraction of sp³-hybridized carbons (Fsp3) is 0.300. The predicted molar refractivity (Wildman–Crippen MR) is 151 cm³/mol. The van der Waals surface area contributed by atoms with Crippen LogP contribution in [0.3, 0.4) is 0 Å². The van der Waals surface area contributed by atoms with Gasteiger partial charge < -0.3 is 19.4 Å². The monoisotopic (exact) mass is 541 g/mol. The van der Waals surface area contributed by atoms with Gasteiger partial charge in [-0.3, -0.25) is 15.1 Å². The molecule has 0 fully saturated rings. The first-order valence-electron chi connectivity index (χ1n) is 13.0. The zero-order valence-electron chi connectivity index (χ0n) is 22.9. The minimum atomic E-state index is -0.668. The van der Waals surface area contributed by atoms with Gasteiger partial charge in [0.05, 0.1) is 10.9 Å². The molecule has 0 radical (unpaired) electrons. The highest BCUT2D eigenvalue weighted by atomic mass is 16.6. The quantitative estimate of drug-likeness (QED) is 0.379. The summed E-state index contributed by atoms with van der Waals surface area (Å²) in [6.45, 7) is 7.68. The molecule has 0 unspecified atom stereocenters. The lowest BCUT2D eigenvalue weighted by Crippen LogP contribution is -2.50. The topological polar surface area (TPSA) is 127 Å². The van der Waals surface area contributed by atoms with Crippen LogP contribution < -0.4 is 21.2 Å². The van der Waals surface area contributed by atoms with Crippen molar-refractivity contribution in [2.75, 3.05) is 10.2 Å². The maximum atomic E-state index is 13.4. The fourth-order valence-electron chi connectivity index (χ4n) is 4.75. The zero-order chi connectivity index (χ0) is 28.4. The molecule has 10 heteroatoms. The van der Waals surface area contributed by atoms with Gasteiger partial charge >= 0.3 is 17.7 Å². The van der Waals surface area contributed by atoms with Gasteiger partial charge in [0.25, 0.3) is 0 Å². The van der Waals surface area contributed by atoms with Crippen molar-refractivity contribution in [2.24, 2.45) is 0 Å². The van der Waals surface area contributed by atoms with E-state index < -0.39 is 23.4 Å². The number of hydrogen-bond donors (Lipinski definition) is 2. The van der Waals surface area contributed by atoms with Gasteiger partial charge in [0.1, 0.15) is 11.6 Å². The Morgan fingerprint density at radius 2 is 1.88 bits per heavy atom. The smallest absolute Gasteiger partial charge is 0.412 e. The second-order valence-corrected chi connectivity index (χ2v) is 10.7. The van der Waals surface area contributed by atoms with Gasteiger partial charge in [-0.15, -0.1) is 0 Å². The molecule has 0 saturated heterocycles. The van der Waals surface area contributed by atoms with Gasteiger partial charge in [0.2, 0.25) is 5.91 Å². The second-order valence-electron chi connectivity index (χ2n) is 10.7. The van der Waals surface area contributed by atoms with Crippen LogP contribution in [0.2, 0.25) is 0 Å². The Labute approximate surface area is 231 Å². The van der Waals surface area contributed by atoms with E-state index in [1.54, 1.807) is 57.1 Å². The number of pyridine rings is 1. The summed E-state index contributed by atoms with van der Waals surface area (Å²) in [4.78, 5) is 49.5. The molecule has 2 N–H and O–H groups in total. The molecule has 2 aromatic heterocycles. The van der Waals surface area contributed by atoms with E-state index in [-0.39, 0.29) is 17.3 Å². The van der Waals surface area contributed by atoms with Crippen molar-refractivity contribution in [3.05, 3.63) is 93.6 Å². The molecule has 2 aromatic carbocycles. The summed E-state index contributed by atoms with van der Waals surface area (Å²) < 4.78 is 11.1. The van der Waals surface area contributed by atoms with Crippen LogP contribution in [-0.2, 0) is 29.0 Å². The average Bonchev–Trinajstić information content (AvgIpc) is 2.92. The minimum Gasteiger partial charge on any atom is -0.444 e. The zero-order valence-corrected chi connectivity index (χ0v) is 22.9. The van der Waals surface area contributed by atoms with E-state index in [0.29, 0.717) is 36.3 Å². The molecule has 0 spiro atoms. The van der Waals surface area contributed by atoms with E-state index >= 15 is 0 Å². The van der Waals surface area contributed by atoms with Crippen LogP contribution in [-0.4, -0.2) is 33.6 Å². The largest absolute Gasteiger partial charge is 0.444 e. The van der Waals surface area contributed by atoms with Crippen molar-refractivity contribution < 1.29 is 18.7 Å². The molecule has 0 bridgehead atoms. The fourth-order valence-corrected chi connectivity index (χ4v) is 4.75. The number of rotatable bonds is 5. The maximum absolute atomic E-state index is 13.4. The molecule has 0 aliphatic carbocycles. The molecule has 10 nitrogen and oxygen atoms in total. The highest BCUT2D eigenvalue weighted by Gasteiger charge is 2.34. The number of hydrogen-bond acceptors (Lipinski definition) is 8. The third-order valence-corrected chi connectivity index (χ3v) is 6.67.